The van der Waals surface area contributed by atoms with Gasteiger partial charge in [0.2, 0.25) is 0 Å². The first-order chi connectivity index (χ1) is 13.1. The molecule has 28 heavy (non-hydrogen) atoms. The molecule has 146 valence electrons. The molecule has 1 aromatic heterocycles. The van der Waals surface area contributed by atoms with Gasteiger partial charge in [-0.3, -0.25) is 18.7 Å². The van der Waals surface area contributed by atoms with E-state index in [0.29, 0.717) is 22.8 Å². The molecular weight excluding hydrogens is 378 g/mol. The van der Waals surface area contributed by atoms with E-state index in [2.05, 4.69) is 5.32 Å². The summed E-state index contributed by atoms with van der Waals surface area (Å²) in [6.07, 6.45) is 2.45. The molecule has 1 N–H and O–H groups in total. The molecule has 0 radical (unpaired) electrons. The van der Waals surface area contributed by atoms with Crippen molar-refractivity contribution in [1.29, 1.82) is 0 Å². The SMILES string of the molecule is Cn1c2c(c(=O)n(C)c1=O)[C@@H](c1ccc(Cl)cc1)[C@@H]1C(=O)CC(C)(C)C=C1N2. The van der Waals surface area contributed by atoms with Crippen LogP contribution >= 0.6 is 11.6 Å². The average Bonchev–Trinajstić information content (AvgIpc) is 2.63. The van der Waals surface area contributed by atoms with Crippen molar-refractivity contribution in [2.45, 2.75) is 26.2 Å². The van der Waals surface area contributed by atoms with Gasteiger partial charge >= 0.3 is 5.69 Å². The molecule has 6 nitrogen and oxygen atoms in total. The second kappa shape index (κ2) is 6.21. The molecule has 0 bridgehead atoms. The summed E-state index contributed by atoms with van der Waals surface area (Å²) in [5, 5.41) is 3.82. The van der Waals surface area contributed by atoms with Crippen LogP contribution in [0.3, 0.4) is 0 Å². The third-order valence-electron chi connectivity index (χ3n) is 5.69. The highest BCUT2D eigenvalue weighted by Crippen LogP contribution is 2.47. The Morgan fingerprint density at radius 1 is 1.04 bits per heavy atom. The van der Waals surface area contributed by atoms with Crippen molar-refractivity contribution >= 4 is 23.2 Å². The predicted octanol–water partition coefficient (Wildman–Crippen LogP) is 2.79. The Labute approximate surface area is 167 Å². The third kappa shape index (κ3) is 2.75. The molecule has 0 spiro atoms. The fraction of sp³-hybridized carbons (Fsp3) is 0.381. The topological polar surface area (TPSA) is 73.1 Å². The first-order valence-electron chi connectivity index (χ1n) is 9.18. The summed E-state index contributed by atoms with van der Waals surface area (Å²) in [6.45, 7) is 4.01. The number of Topliss-reactive ketones (excluding diaryl/α,β-unsaturated/α-hetero) is 1. The Balaban J connectivity index is 2.07. The normalized spacial score (nSPS) is 22.8. The number of allylic oxidation sites excluding steroid dienone is 2. The van der Waals surface area contributed by atoms with Crippen molar-refractivity contribution in [2.75, 3.05) is 5.32 Å². The zero-order chi connectivity index (χ0) is 20.4. The minimum absolute atomic E-state index is 0.0801. The van der Waals surface area contributed by atoms with Crippen LogP contribution in [0.1, 0.15) is 37.3 Å². The molecule has 2 atom stereocenters. The highest BCUT2D eigenvalue weighted by Gasteiger charge is 2.45. The van der Waals surface area contributed by atoms with Crippen LogP contribution in [0.25, 0.3) is 0 Å². The summed E-state index contributed by atoms with van der Waals surface area (Å²) in [7, 11) is 3.09. The number of anilines is 1. The number of carbonyl (C=O) groups is 1. The van der Waals surface area contributed by atoms with Crippen molar-refractivity contribution < 1.29 is 4.79 Å². The number of hydrogen-bond acceptors (Lipinski definition) is 4. The van der Waals surface area contributed by atoms with Gasteiger partial charge in [-0.05, 0) is 23.1 Å². The van der Waals surface area contributed by atoms with Gasteiger partial charge in [0.05, 0.1) is 11.5 Å². The van der Waals surface area contributed by atoms with Crippen molar-refractivity contribution in [2.24, 2.45) is 25.4 Å². The van der Waals surface area contributed by atoms with Crippen molar-refractivity contribution in [3.05, 3.63) is 73.0 Å². The summed E-state index contributed by atoms with van der Waals surface area (Å²) in [6, 6.07) is 7.20. The van der Waals surface area contributed by atoms with Gasteiger partial charge in [-0.25, -0.2) is 4.79 Å². The molecular formula is C21H22ClN3O3. The molecule has 0 saturated carbocycles. The maximum Gasteiger partial charge on any atom is 0.332 e. The quantitative estimate of drug-likeness (QED) is 0.800. The lowest BCUT2D eigenvalue weighted by Gasteiger charge is -2.41. The van der Waals surface area contributed by atoms with Crippen LogP contribution in [-0.4, -0.2) is 14.9 Å². The molecule has 7 heteroatoms. The Hall–Kier alpha value is -2.60. The standard InChI is InChI=1S/C21H22ClN3O3/c1-21(2)9-13-16(14(26)10-21)15(11-5-7-12(22)8-6-11)17-18(23-13)24(3)20(28)25(4)19(17)27/h5-9,15-16,23H,10H2,1-4H3/t15-,16-/m0/s1. The first kappa shape index (κ1) is 18.7. The highest BCUT2D eigenvalue weighted by molar-refractivity contribution is 6.30. The molecule has 2 heterocycles. The largest absolute Gasteiger partial charge is 0.344 e. The number of nitrogens with zero attached hydrogens (tertiary/aromatic N) is 2. The minimum Gasteiger partial charge on any atom is -0.344 e. The van der Waals surface area contributed by atoms with Crippen molar-refractivity contribution in [3.8, 4) is 0 Å². The number of nitrogens with one attached hydrogen (secondary N) is 1. The number of halogens is 1. The van der Waals surface area contributed by atoms with Gasteiger partial charge in [-0.1, -0.05) is 43.7 Å². The molecule has 0 saturated heterocycles. The summed E-state index contributed by atoms with van der Waals surface area (Å²) >= 11 is 6.05. The van der Waals surface area contributed by atoms with E-state index in [1.54, 1.807) is 19.2 Å². The molecule has 0 amide bonds. The van der Waals surface area contributed by atoms with E-state index in [9.17, 15) is 14.4 Å². The van der Waals surface area contributed by atoms with Gasteiger partial charge in [0, 0.05) is 37.2 Å². The van der Waals surface area contributed by atoms with Crippen LogP contribution in [0.5, 0.6) is 0 Å². The van der Waals surface area contributed by atoms with Crippen LogP contribution in [0, 0.1) is 11.3 Å². The monoisotopic (exact) mass is 399 g/mol. The molecule has 4 rings (SSSR count). The minimum atomic E-state index is -0.494. The van der Waals surface area contributed by atoms with E-state index < -0.39 is 17.5 Å². The number of aromatic nitrogens is 2. The lowest BCUT2D eigenvalue weighted by molar-refractivity contribution is -0.124. The second-order valence-corrected chi connectivity index (χ2v) is 8.77. The van der Waals surface area contributed by atoms with Gasteiger partial charge < -0.3 is 5.32 Å². The Morgan fingerprint density at radius 2 is 1.68 bits per heavy atom. The number of hydrogen-bond donors (Lipinski definition) is 1. The summed E-state index contributed by atoms with van der Waals surface area (Å²) in [4.78, 5) is 38.7. The van der Waals surface area contributed by atoms with Crippen LogP contribution in [0.15, 0.2) is 45.6 Å². The van der Waals surface area contributed by atoms with Gasteiger partial charge in [-0.2, -0.15) is 0 Å². The number of fused-ring (bicyclic) bond motifs is 2. The second-order valence-electron chi connectivity index (χ2n) is 8.33. The maximum absolute atomic E-state index is 13.2. The molecule has 0 fully saturated rings. The zero-order valence-electron chi connectivity index (χ0n) is 16.2. The predicted molar refractivity (Wildman–Crippen MR) is 109 cm³/mol. The van der Waals surface area contributed by atoms with Crippen molar-refractivity contribution in [3.63, 3.8) is 0 Å². The van der Waals surface area contributed by atoms with E-state index in [1.165, 1.54) is 11.6 Å². The summed E-state index contributed by atoms with van der Waals surface area (Å²) < 4.78 is 2.53. The smallest absolute Gasteiger partial charge is 0.332 e. The van der Waals surface area contributed by atoms with Crippen LogP contribution < -0.4 is 16.6 Å². The number of ketones is 1. The molecule has 2 aliphatic rings. The average molecular weight is 400 g/mol. The third-order valence-corrected chi connectivity index (χ3v) is 5.95. The van der Waals surface area contributed by atoms with Crippen LogP contribution in [0.2, 0.25) is 5.02 Å². The van der Waals surface area contributed by atoms with Crippen LogP contribution in [-0.2, 0) is 18.9 Å². The van der Waals surface area contributed by atoms with E-state index in [1.807, 2.05) is 32.1 Å². The molecule has 1 aliphatic heterocycles. The summed E-state index contributed by atoms with van der Waals surface area (Å²) in [5.41, 5.74) is 0.913. The van der Waals surface area contributed by atoms with Crippen molar-refractivity contribution in [1.82, 2.24) is 9.13 Å². The molecule has 0 unspecified atom stereocenters. The van der Waals surface area contributed by atoms with E-state index >= 15 is 0 Å². The fourth-order valence-electron chi connectivity index (χ4n) is 4.41. The van der Waals surface area contributed by atoms with E-state index in [-0.39, 0.29) is 16.8 Å². The molecule has 1 aliphatic carbocycles. The van der Waals surface area contributed by atoms with Crippen LogP contribution in [0.4, 0.5) is 5.82 Å². The Kier molecular flexibility index (Phi) is 4.16. The van der Waals surface area contributed by atoms with E-state index in [0.717, 1.165) is 15.8 Å². The highest BCUT2D eigenvalue weighted by atomic mass is 35.5. The number of carbonyl (C=O) groups excluding carboxylic acids is 1. The van der Waals surface area contributed by atoms with E-state index in [4.69, 9.17) is 11.6 Å². The Morgan fingerprint density at radius 3 is 2.32 bits per heavy atom. The number of rotatable bonds is 1. The van der Waals surface area contributed by atoms with Gasteiger partial charge in [0.1, 0.15) is 11.6 Å². The van der Waals surface area contributed by atoms with Gasteiger partial charge in [-0.15, -0.1) is 0 Å². The molecule has 2 aromatic rings. The Bertz CT molecular complexity index is 1140. The zero-order valence-corrected chi connectivity index (χ0v) is 17.0. The summed E-state index contributed by atoms with van der Waals surface area (Å²) in [5.74, 6) is -0.446. The molecule has 1 aromatic carbocycles. The van der Waals surface area contributed by atoms with Gasteiger partial charge in [0.15, 0.2) is 0 Å². The lowest BCUT2D eigenvalue weighted by Crippen LogP contribution is -2.47. The lowest BCUT2D eigenvalue weighted by atomic mass is 9.67. The maximum atomic E-state index is 13.2. The van der Waals surface area contributed by atoms with Gasteiger partial charge in [0.25, 0.3) is 5.56 Å². The fourth-order valence-corrected chi connectivity index (χ4v) is 4.53. The first-order valence-corrected chi connectivity index (χ1v) is 9.56. The number of benzene rings is 1.